The third kappa shape index (κ3) is 4.25. The number of nitrogens with zero attached hydrogens (tertiary/aromatic N) is 1. The molecule has 1 N–H and O–H groups in total. The Morgan fingerprint density at radius 3 is 2.39 bits per heavy atom. The van der Waals surface area contributed by atoms with Gasteiger partial charge in [-0.1, -0.05) is 42.5 Å². The van der Waals surface area contributed by atoms with Gasteiger partial charge in [0.05, 0.1) is 12.5 Å². The molecular weight excluding hydrogens is 352 g/mol. The number of aryl methyl sites for hydroxylation is 2. The lowest BCUT2D eigenvalue weighted by Gasteiger charge is -2.20. The van der Waals surface area contributed by atoms with Crippen LogP contribution in [0.3, 0.4) is 0 Å². The molecule has 5 heteroatoms. The molecule has 2 atom stereocenters. The van der Waals surface area contributed by atoms with E-state index in [2.05, 4.69) is 24.4 Å². The number of likely N-dealkylation sites (tertiary alicyclic amines) is 1. The number of hydrogen-bond donors (Lipinski definition) is 1. The number of ether oxygens (including phenoxy) is 1. The van der Waals surface area contributed by atoms with Crippen molar-refractivity contribution in [2.75, 3.05) is 33.4 Å². The van der Waals surface area contributed by atoms with Crippen LogP contribution in [0, 0.1) is 19.8 Å². The molecule has 1 aliphatic rings. The molecule has 0 spiro atoms. The van der Waals surface area contributed by atoms with Crippen molar-refractivity contribution >= 4 is 11.8 Å². The molecule has 1 fully saturated rings. The van der Waals surface area contributed by atoms with Crippen LogP contribution in [-0.4, -0.2) is 50.1 Å². The third-order valence-electron chi connectivity index (χ3n) is 5.51. The SMILES string of the molecule is COCCNC(=O)[C@@H]1CN(C(=O)c2ccccc2C)C[C@H]1c1ccccc1C. The summed E-state index contributed by atoms with van der Waals surface area (Å²) in [5.74, 6) is -0.322. The van der Waals surface area contributed by atoms with Crippen molar-refractivity contribution in [2.24, 2.45) is 5.92 Å². The number of rotatable bonds is 6. The van der Waals surface area contributed by atoms with E-state index in [1.807, 2.05) is 48.2 Å². The quantitative estimate of drug-likeness (QED) is 0.784. The highest BCUT2D eigenvalue weighted by Gasteiger charge is 2.41. The Bertz CT molecular complexity index is 849. The molecule has 5 nitrogen and oxygen atoms in total. The average molecular weight is 380 g/mol. The van der Waals surface area contributed by atoms with Gasteiger partial charge in [0, 0.05) is 38.2 Å². The summed E-state index contributed by atoms with van der Waals surface area (Å²) in [5, 5.41) is 2.95. The third-order valence-corrected chi connectivity index (χ3v) is 5.51. The molecule has 1 saturated heterocycles. The Morgan fingerprint density at radius 1 is 1.04 bits per heavy atom. The van der Waals surface area contributed by atoms with E-state index in [-0.39, 0.29) is 23.7 Å². The first-order valence-electron chi connectivity index (χ1n) is 9.70. The van der Waals surface area contributed by atoms with Gasteiger partial charge in [-0.15, -0.1) is 0 Å². The highest BCUT2D eigenvalue weighted by atomic mass is 16.5. The highest BCUT2D eigenvalue weighted by molar-refractivity contribution is 5.96. The number of amides is 2. The maximum absolute atomic E-state index is 13.1. The van der Waals surface area contributed by atoms with Crippen molar-refractivity contribution in [1.82, 2.24) is 10.2 Å². The molecule has 28 heavy (non-hydrogen) atoms. The first-order chi connectivity index (χ1) is 13.5. The fourth-order valence-corrected chi connectivity index (χ4v) is 3.94. The second kappa shape index (κ2) is 9.02. The Morgan fingerprint density at radius 2 is 1.71 bits per heavy atom. The largest absolute Gasteiger partial charge is 0.383 e. The molecule has 2 aromatic rings. The van der Waals surface area contributed by atoms with Gasteiger partial charge in [-0.05, 0) is 36.6 Å². The van der Waals surface area contributed by atoms with E-state index in [1.54, 1.807) is 7.11 Å². The predicted octanol–water partition coefficient (Wildman–Crippen LogP) is 2.92. The Balaban J connectivity index is 1.86. The zero-order valence-corrected chi connectivity index (χ0v) is 16.8. The van der Waals surface area contributed by atoms with E-state index >= 15 is 0 Å². The van der Waals surface area contributed by atoms with Crippen LogP contribution < -0.4 is 5.32 Å². The van der Waals surface area contributed by atoms with Crippen LogP contribution in [-0.2, 0) is 9.53 Å². The smallest absolute Gasteiger partial charge is 0.254 e. The molecule has 1 heterocycles. The summed E-state index contributed by atoms with van der Waals surface area (Å²) < 4.78 is 5.04. The standard InChI is InChI=1S/C23H28N2O3/c1-16-8-4-6-10-18(16)20-14-25(15-21(20)22(26)24-12-13-28-3)23(27)19-11-7-5-9-17(19)2/h4-11,20-21H,12-15H2,1-3H3,(H,24,26)/t20-,21+/m0/s1. The first-order valence-corrected chi connectivity index (χ1v) is 9.70. The van der Waals surface area contributed by atoms with Crippen LogP contribution in [0.1, 0.15) is 33.0 Å². The number of methoxy groups -OCH3 is 1. The van der Waals surface area contributed by atoms with Gasteiger partial charge in [0.1, 0.15) is 0 Å². The normalized spacial score (nSPS) is 18.9. The summed E-state index contributed by atoms with van der Waals surface area (Å²) in [6, 6.07) is 15.7. The van der Waals surface area contributed by atoms with Crippen LogP contribution in [0.5, 0.6) is 0 Å². The van der Waals surface area contributed by atoms with Gasteiger partial charge < -0.3 is 15.0 Å². The van der Waals surface area contributed by atoms with Crippen LogP contribution in [0.15, 0.2) is 48.5 Å². The summed E-state index contributed by atoms with van der Waals surface area (Å²) in [4.78, 5) is 27.8. The zero-order valence-electron chi connectivity index (χ0n) is 16.8. The van der Waals surface area contributed by atoms with Gasteiger partial charge in [-0.2, -0.15) is 0 Å². The van der Waals surface area contributed by atoms with Crippen LogP contribution in [0.25, 0.3) is 0 Å². The molecule has 0 aliphatic carbocycles. The molecule has 0 aromatic heterocycles. The molecule has 1 aliphatic heterocycles. The second-order valence-corrected chi connectivity index (χ2v) is 7.38. The number of carbonyl (C=O) groups is 2. The minimum atomic E-state index is -0.272. The van der Waals surface area contributed by atoms with Crippen LogP contribution in [0.4, 0.5) is 0 Å². The number of nitrogens with one attached hydrogen (secondary N) is 1. The van der Waals surface area contributed by atoms with E-state index in [0.29, 0.717) is 31.8 Å². The fourth-order valence-electron chi connectivity index (χ4n) is 3.94. The summed E-state index contributed by atoms with van der Waals surface area (Å²) in [7, 11) is 1.61. The maximum Gasteiger partial charge on any atom is 0.254 e. The first kappa shape index (κ1) is 20.1. The van der Waals surface area contributed by atoms with Crippen molar-refractivity contribution in [1.29, 1.82) is 0 Å². The van der Waals surface area contributed by atoms with Gasteiger partial charge in [0.25, 0.3) is 5.91 Å². The van der Waals surface area contributed by atoms with E-state index in [4.69, 9.17) is 4.74 Å². The predicted molar refractivity (Wildman–Crippen MR) is 109 cm³/mol. The van der Waals surface area contributed by atoms with E-state index in [9.17, 15) is 9.59 Å². The lowest BCUT2D eigenvalue weighted by Crippen LogP contribution is -2.37. The Hall–Kier alpha value is -2.66. The van der Waals surface area contributed by atoms with Crippen molar-refractivity contribution in [3.05, 3.63) is 70.8 Å². The summed E-state index contributed by atoms with van der Waals surface area (Å²) in [5.41, 5.74) is 3.93. The Kier molecular flexibility index (Phi) is 6.47. The molecular formula is C23H28N2O3. The van der Waals surface area contributed by atoms with Gasteiger partial charge in [0.15, 0.2) is 0 Å². The molecule has 0 saturated carbocycles. The lowest BCUT2D eigenvalue weighted by molar-refractivity contribution is -0.125. The number of benzene rings is 2. The fraction of sp³-hybridized carbons (Fsp3) is 0.391. The summed E-state index contributed by atoms with van der Waals surface area (Å²) >= 11 is 0. The number of hydrogen-bond acceptors (Lipinski definition) is 3. The number of carbonyl (C=O) groups excluding carboxylic acids is 2. The van der Waals surface area contributed by atoms with Gasteiger partial charge >= 0.3 is 0 Å². The van der Waals surface area contributed by atoms with E-state index in [1.165, 1.54) is 0 Å². The monoisotopic (exact) mass is 380 g/mol. The van der Waals surface area contributed by atoms with Gasteiger partial charge in [-0.3, -0.25) is 9.59 Å². The summed E-state index contributed by atoms with van der Waals surface area (Å²) in [6.45, 7) is 5.90. The van der Waals surface area contributed by atoms with Crippen LogP contribution >= 0.6 is 0 Å². The molecule has 148 valence electrons. The van der Waals surface area contributed by atoms with Crippen molar-refractivity contribution in [3.8, 4) is 0 Å². The molecule has 2 aromatic carbocycles. The minimum Gasteiger partial charge on any atom is -0.383 e. The van der Waals surface area contributed by atoms with Crippen LogP contribution in [0.2, 0.25) is 0 Å². The molecule has 0 bridgehead atoms. The molecule has 3 rings (SSSR count). The van der Waals surface area contributed by atoms with Crippen molar-refractivity contribution in [2.45, 2.75) is 19.8 Å². The highest BCUT2D eigenvalue weighted by Crippen LogP contribution is 2.35. The summed E-state index contributed by atoms with van der Waals surface area (Å²) in [6.07, 6.45) is 0. The average Bonchev–Trinajstić information content (AvgIpc) is 3.13. The zero-order chi connectivity index (χ0) is 20.1. The topological polar surface area (TPSA) is 58.6 Å². The second-order valence-electron chi connectivity index (χ2n) is 7.38. The van der Waals surface area contributed by atoms with Crippen molar-refractivity contribution < 1.29 is 14.3 Å². The molecule has 0 radical (unpaired) electrons. The van der Waals surface area contributed by atoms with Gasteiger partial charge in [-0.25, -0.2) is 0 Å². The molecule has 2 amide bonds. The van der Waals surface area contributed by atoms with Gasteiger partial charge in [0.2, 0.25) is 5.91 Å². The Labute approximate surface area is 166 Å². The van der Waals surface area contributed by atoms with E-state index < -0.39 is 0 Å². The van der Waals surface area contributed by atoms with E-state index in [0.717, 1.165) is 16.7 Å². The minimum absolute atomic E-state index is 0.0103. The van der Waals surface area contributed by atoms with Crippen molar-refractivity contribution in [3.63, 3.8) is 0 Å². The molecule has 0 unspecified atom stereocenters. The maximum atomic E-state index is 13.1. The lowest BCUT2D eigenvalue weighted by atomic mass is 9.86.